The Morgan fingerprint density at radius 2 is 2.35 bits per heavy atom. The molecule has 1 unspecified atom stereocenters. The molecule has 1 heterocycles. The van der Waals surface area contributed by atoms with Crippen LogP contribution in [0.1, 0.15) is 5.56 Å². The number of carbonyl (C=O) groups excluding carboxylic acids is 1. The number of benzene rings is 1. The van der Waals surface area contributed by atoms with Gasteiger partial charge in [0, 0.05) is 11.3 Å². The third-order valence-corrected chi connectivity index (χ3v) is 2.41. The van der Waals surface area contributed by atoms with Crippen molar-refractivity contribution in [1.82, 2.24) is 0 Å². The normalized spacial score (nSPS) is 19.4. The molecule has 1 aromatic rings. The summed E-state index contributed by atoms with van der Waals surface area (Å²) in [6, 6.07) is 7.11. The minimum absolute atomic E-state index is 0.209. The summed E-state index contributed by atoms with van der Waals surface area (Å²) in [6.45, 7) is 1.28. The Morgan fingerprint density at radius 1 is 1.47 bits per heavy atom. The van der Waals surface area contributed by atoms with E-state index in [-0.39, 0.29) is 5.91 Å². The molecule has 0 bridgehead atoms. The standard InChI is InChI=1S/C13H13NO3/c1-2-10-4-3-5-11(8-10)14-13(15)12-9-16-6-7-17-12/h1,3-5,8,12H,6-7,9H2,(H,14,15). The van der Waals surface area contributed by atoms with Crippen molar-refractivity contribution < 1.29 is 14.3 Å². The summed E-state index contributed by atoms with van der Waals surface area (Å²) in [4.78, 5) is 11.8. The maximum Gasteiger partial charge on any atom is 0.255 e. The molecule has 1 N–H and O–H groups in total. The zero-order valence-corrected chi connectivity index (χ0v) is 9.31. The van der Waals surface area contributed by atoms with E-state index in [0.29, 0.717) is 25.5 Å². The minimum atomic E-state index is -0.543. The number of amides is 1. The highest BCUT2D eigenvalue weighted by Gasteiger charge is 2.22. The first kappa shape index (κ1) is 11.6. The Hall–Kier alpha value is -1.83. The van der Waals surface area contributed by atoms with Gasteiger partial charge in [-0.1, -0.05) is 12.0 Å². The van der Waals surface area contributed by atoms with Crippen molar-refractivity contribution in [3.63, 3.8) is 0 Å². The summed E-state index contributed by atoms with van der Waals surface area (Å²) >= 11 is 0. The minimum Gasteiger partial charge on any atom is -0.376 e. The van der Waals surface area contributed by atoms with E-state index in [0.717, 1.165) is 5.56 Å². The van der Waals surface area contributed by atoms with E-state index in [4.69, 9.17) is 15.9 Å². The highest BCUT2D eigenvalue weighted by molar-refractivity contribution is 5.94. The van der Waals surface area contributed by atoms with Crippen LogP contribution >= 0.6 is 0 Å². The molecule has 0 spiro atoms. The van der Waals surface area contributed by atoms with Gasteiger partial charge in [0.25, 0.3) is 5.91 Å². The zero-order valence-electron chi connectivity index (χ0n) is 9.31. The third kappa shape index (κ3) is 3.06. The molecule has 0 aromatic heterocycles. The van der Waals surface area contributed by atoms with Gasteiger partial charge in [0.05, 0.1) is 19.8 Å². The summed E-state index contributed by atoms with van der Waals surface area (Å²) in [6.07, 6.45) is 4.74. The highest BCUT2D eigenvalue weighted by Crippen LogP contribution is 2.11. The summed E-state index contributed by atoms with van der Waals surface area (Å²) < 4.78 is 10.5. The molecule has 2 rings (SSSR count). The lowest BCUT2D eigenvalue weighted by Gasteiger charge is -2.22. The van der Waals surface area contributed by atoms with E-state index in [2.05, 4.69) is 11.2 Å². The van der Waals surface area contributed by atoms with Gasteiger partial charge in [-0.05, 0) is 18.2 Å². The van der Waals surface area contributed by atoms with Crippen molar-refractivity contribution in [2.75, 3.05) is 25.1 Å². The van der Waals surface area contributed by atoms with Crippen molar-refractivity contribution in [1.29, 1.82) is 0 Å². The van der Waals surface area contributed by atoms with Gasteiger partial charge in [-0.2, -0.15) is 0 Å². The lowest BCUT2D eigenvalue weighted by molar-refractivity contribution is -0.142. The number of nitrogens with one attached hydrogen (secondary N) is 1. The molecular weight excluding hydrogens is 218 g/mol. The van der Waals surface area contributed by atoms with Gasteiger partial charge in [0.1, 0.15) is 0 Å². The summed E-state index contributed by atoms with van der Waals surface area (Å²) in [5.74, 6) is 2.30. The summed E-state index contributed by atoms with van der Waals surface area (Å²) in [5.41, 5.74) is 1.39. The number of anilines is 1. The molecule has 0 radical (unpaired) electrons. The van der Waals surface area contributed by atoms with Crippen LogP contribution in [0.5, 0.6) is 0 Å². The summed E-state index contributed by atoms with van der Waals surface area (Å²) in [5, 5.41) is 2.75. The molecule has 88 valence electrons. The molecule has 17 heavy (non-hydrogen) atoms. The van der Waals surface area contributed by atoms with Crippen LogP contribution in [0.3, 0.4) is 0 Å². The quantitative estimate of drug-likeness (QED) is 0.773. The number of hydrogen-bond donors (Lipinski definition) is 1. The van der Waals surface area contributed by atoms with Crippen LogP contribution in [0.15, 0.2) is 24.3 Å². The van der Waals surface area contributed by atoms with Gasteiger partial charge in [0.2, 0.25) is 0 Å². The van der Waals surface area contributed by atoms with E-state index in [1.165, 1.54) is 0 Å². The molecule has 1 aliphatic heterocycles. The highest BCUT2D eigenvalue weighted by atomic mass is 16.6. The number of carbonyl (C=O) groups is 1. The average Bonchev–Trinajstić information content (AvgIpc) is 2.40. The Balaban J connectivity index is 1.99. The van der Waals surface area contributed by atoms with Crippen LogP contribution in [-0.2, 0) is 14.3 Å². The molecule has 1 aromatic carbocycles. The summed E-state index contributed by atoms with van der Waals surface area (Å²) in [7, 11) is 0. The van der Waals surface area contributed by atoms with Gasteiger partial charge in [0.15, 0.2) is 6.10 Å². The van der Waals surface area contributed by atoms with Crippen molar-refractivity contribution in [2.24, 2.45) is 0 Å². The molecule has 1 amide bonds. The van der Waals surface area contributed by atoms with Gasteiger partial charge < -0.3 is 14.8 Å². The number of ether oxygens (including phenoxy) is 2. The fourth-order valence-electron chi connectivity index (χ4n) is 1.55. The van der Waals surface area contributed by atoms with Crippen LogP contribution in [0.2, 0.25) is 0 Å². The lowest BCUT2D eigenvalue weighted by atomic mass is 10.2. The van der Waals surface area contributed by atoms with Crippen molar-refractivity contribution >= 4 is 11.6 Å². The van der Waals surface area contributed by atoms with E-state index >= 15 is 0 Å². The average molecular weight is 231 g/mol. The molecule has 4 nitrogen and oxygen atoms in total. The fraction of sp³-hybridized carbons (Fsp3) is 0.308. The van der Waals surface area contributed by atoms with Crippen LogP contribution < -0.4 is 5.32 Å². The van der Waals surface area contributed by atoms with E-state index in [1.54, 1.807) is 24.3 Å². The Morgan fingerprint density at radius 3 is 3.06 bits per heavy atom. The zero-order chi connectivity index (χ0) is 12.1. The smallest absolute Gasteiger partial charge is 0.255 e. The molecule has 1 atom stereocenters. The van der Waals surface area contributed by atoms with Crippen molar-refractivity contribution in [3.8, 4) is 12.3 Å². The maximum absolute atomic E-state index is 11.8. The fourth-order valence-corrected chi connectivity index (χ4v) is 1.55. The van der Waals surface area contributed by atoms with Crippen molar-refractivity contribution in [3.05, 3.63) is 29.8 Å². The van der Waals surface area contributed by atoms with Gasteiger partial charge in [-0.3, -0.25) is 4.79 Å². The number of hydrogen-bond acceptors (Lipinski definition) is 3. The van der Waals surface area contributed by atoms with E-state index in [9.17, 15) is 4.79 Å². The second-order valence-corrected chi connectivity index (χ2v) is 3.65. The number of rotatable bonds is 2. The Kier molecular flexibility index (Phi) is 3.76. The second-order valence-electron chi connectivity index (χ2n) is 3.65. The Labute approximate surface area is 99.9 Å². The number of terminal acetylenes is 1. The van der Waals surface area contributed by atoms with Crippen molar-refractivity contribution in [2.45, 2.75) is 6.10 Å². The van der Waals surface area contributed by atoms with Gasteiger partial charge >= 0.3 is 0 Å². The van der Waals surface area contributed by atoms with Gasteiger partial charge in [-0.15, -0.1) is 6.42 Å². The first-order valence-electron chi connectivity index (χ1n) is 5.36. The van der Waals surface area contributed by atoms with Crippen LogP contribution in [0.25, 0.3) is 0 Å². The van der Waals surface area contributed by atoms with Gasteiger partial charge in [-0.25, -0.2) is 0 Å². The maximum atomic E-state index is 11.8. The van der Waals surface area contributed by atoms with E-state index in [1.807, 2.05) is 0 Å². The lowest BCUT2D eigenvalue weighted by Crippen LogP contribution is -2.39. The molecular formula is C13H13NO3. The molecule has 4 heteroatoms. The third-order valence-electron chi connectivity index (χ3n) is 2.41. The second kappa shape index (κ2) is 5.48. The SMILES string of the molecule is C#Cc1cccc(NC(=O)C2COCCO2)c1. The predicted octanol–water partition coefficient (Wildman–Crippen LogP) is 1.02. The molecule has 1 fully saturated rings. The first-order valence-corrected chi connectivity index (χ1v) is 5.36. The molecule has 0 saturated carbocycles. The largest absolute Gasteiger partial charge is 0.376 e. The Bertz CT molecular complexity index is 444. The predicted molar refractivity (Wildman–Crippen MR) is 63.6 cm³/mol. The van der Waals surface area contributed by atoms with Crippen LogP contribution in [0, 0.1) is 12.3 Å². The topological polar surface area (TPSA) is 47.6 Å². The first-order chi connectivity index (χ1) is 8.29. The molecule has 1 aliphatic rings. The van der Waals surface area contributed by atoms with Crippen LogP contribution in [-0.4, -0.2) is 31.8 Å². The monoisotopic (exact) mass is 231 g/mol. The van der Waals surface area contributed by atoms with E-state index < -0.39 is 6.10 Å². The molecule has 1 saturated heterocycles. The molecule has 0 aliphatic carbocycles. The van der Waals surface area contributed by atoms with Crippen LogP contribution in [0.4, 0.5) is 5.69 Å².